The summed E-state index contributed by atoms with van der Waals surface area (Å²) in [6, 6.07) is -1.25. The van der Waals surface area contributed by atoms with Gasteiger partial charge in [-0.1, -0.05) is 12.8 Å². The van der Waals surface area contributed by atoms with E-state index in [4.69, 9.17) is 10.8 Å². The van der Waals surface area contributed by atoms with Crippen LogP contribution in [0.25, 0.3) is 0 Å². The summed E-state index contributed by atoms with van der Waals surface area (Å²) in [5, 5.41) is 14.6. The second-order valence-corrected chi connectivity index (χ2v) is 5.68. The summed E-state index contributed by atoms with van der Waals surface area (Å²) in [4.78, 5) is 33.9. The molecule has 0 radical (unpaired) electrons. The molecule has 4 atom stereocenters. The molecule has 1 saturated carbocycles. The molecule has 1 heterocycles. The van der Waals surface area contributed by atoms with Gasteiger partial charge in [-0.15, -0.1) is 0 Å². The smallest absolute Gasteiger partial charge is 0.326 e. The molecule has 1 aliphatic heterocycles. The number of fused-ring (bicyclic) bond motifs is 1. The molecule has 4 unspecified atom stereocenters. The number of hydrogen-bond acceptors (Lipinski definition) is 4. The van der Waals surface area contributed by atoms with Crippen molar-refractivity contribution >= 4 is 17.8 Å². The predicted molar refractivity (Wildman–Crippen MR) is 70.7 cm³/mol. The van der Waals surface area contributed by atoms with E-state index in [-0.39, 0.29) is 18.4 Å². The lowest BCUT2D eigenvalue weighted by molar-refractivity contribution is -0.143. The average molecular weight is 283 g/mol. The summed E-state index contributed by atoms with van der Waals surface area (Å²) in [5.41, 5.74) is 4.99. The standard InChI is InChI=1S/C13H21N3O4/c14-11(17)6-10(13(19)20)16-12(18)9-5-7-3-1-2-4-8(7)15-9/h7-10,15H,1-6H2,(H2,14,17)(H,16,18)(H,19,20). The van der Waals surface area contributed by atoms with E-state index in [2.05, 4.69) is 10.6 Å². The van der Waals surface area contributed by atoms with Crippen LogP contribution < -0.4 is 16.4 Å². The van der Waals surface area contributed by atoms with Crippen molar-refractivity contribution in [1.29, 1.82) is 0 Å². The van der Waals surface area contributed by atoms with Gasteiger partial charge in [-0.05, 0) is 25.2 Å². The van der Waals surface area contributed by atoms with Crippen molar-refractivity contribution < 1.29 is 19.5 Å². The number of rotatable bonds is 5. The van der Waals surface area contributed by atoms with Crippen molar-refractivity contribution in [1.82, 2.24) is 10.6 Å². The van der Waals surface area contributed by atoms with Crippen molar-refractivity contribution in [2.24, 2.45) is 11.7 Å². The van der Waals surface area contributed by atoms with E-state index in [1.54, 1.807) is 0 Å². The maximum atomic E-state index is 12.1. The van der Waals surface area contributed by atoms with E-state index < -0.39 is 17.9 Å². The lowest BCUT2D eigenvalue weighted by Gasteiger charge is -2.24. The average Bonchev–Trinajstić information content (AvgIpc) is 2.81. The largest absolute Gasteiger partial charge is 0.480 e. The van der Waals surface area contributed by atoms with Crippen LogP contribution in [0.3, 0.4) is 0 Å². The number of carbonyl (C=O) groups excluding carboxylic acids is 2. The molecule has 2 rings (SSSR count). The minimum absolute atomic E-state index is 0.354. The van der Waals surface area contributed by atoms with E-state index in [1.165, 1.54) is 12.8 Å². The van der Waals surface area contributed by atoms with Crippen LogP contribution in [0.4, 0.5) is 0 Å². The van der Waals surface area contributed by atoms with Crippen molar-refractivity contribution in [2.75, 3.05) is 0 Å². The van der Waals surface area contributed by atoms with Crippen LogP contribution in [0.1, 0.15) is 38.5 Å². The van der Waals surface area contributed by atoms with Crippen LogP contribution in [0.15, 0.2) is 0 Å². The van der Waals surface area contributed by atoms with Gasteiger partial charge < -0.3 is 21.5 Å². The van der Waals surface area contributed by atoms with Crippen molar-refractivity contribution in [2.45, 2.75) is 56.7 Å². The molecule has 20 heavy (non-hydrogen) atoms. The van der Waals surface area contributed by atoms with Gasteiger partial charge >= 0.3 is 5.97 Å². The quantitative estimate of drug-likeness (QED) is 0.534. The van der Waals surface area contributed by atoms with Crippen LogP contribution in [-0.4, -0.2) is 41.0 Å². The first kappa shape index (κ1) is 14.8. The Labute approximate surface area is 117 Å². The van der Waals surface area contributed by atoms with Gasteiger partial charge in [-0.25, -0.2) is 4.79 Å². The van der Waals surface area contributed by atoms with E-state index >= 15 is 0 Å². The highest BCUT2D eigenvalue weighted by molar-refractivity contribution is 5.90. The van der Waals surface area contributed by atoms with E-state index in [0.29, 0.717) is 12.0 Å². The molecular weight excluding hydrogens is 262 g/mol. The summed E-state index contributed by atoms with van der Waals surface area (Å²) in [5.74, 6) is -1.84. The molecule has 0 aromatic carbocycles. The van der Waals surface area contributed by atoms with Gasteiger partial charge in [0, 0.05) is 6.04 Å². The molecule has 7 heteroatoms. The summed E-state index contributed by atoms with van der Waals surface area (Å²) < 4.78 is 0. The summed E-state index contributed by atoms with van der Waals surface area (Å²) in [6.07, 6.45) is 4.89. The van der Waals surface area contributed by atoms with Crippen LogP contribution in [-0.2, 0) is 14.4 Å². The van der Waals surface area contributed by atoms with Gasteiger partial charge in [0.2, 0.25) is 11.8 Å². The van der Waals surface area contributed by atoms with Gasteiger partial charge in [0.25, 0.3) is 0 Å². The SMILES string of the molecule is NC(=O)CC(NC(=O)C1CC2CCCCC2N1)C(=O)O. The Morgan fingerprint density at radius 3 is 2.60 bits per heavy atom. The molecule has 2 fully saturated rings. The van der Waals surface area contributed by atoms with Crippen molar-refractivity contribution in [3.63, 3.8) is 0 Å². The second-order valence-electron chi connectivity index (χ2n) is 5.68. The fraction of sp³-hybridized carbons (Fsp3) is 0.769. The molecule has 0 aromatic heterocycles. The molecule has 0 bridgehead atoms. The Balaban J connectivity index is 1.90. The zero-order valence-electron chi connectivity index (χ0n) is 11.3. The second kappa shape index (κ2) is 6.21. The number of carboxylic acid groups (broad SMARTS) is 1. The summed E-state index contributed by atoms with van der Waals surface area (Å²) in [7, 11) is 0. The van der Waals surface area contributed by atoms with Crippen LogP contribution in [0, 0.1) is 5.92 Å². The lowest BCUT2D eigenvalue weighted by Crippen LogP contribution is -2.50. The maximum absolute atomic E-state index is 12.1. The van der Waals surface area contributed by atoms with Gasteiger partial charge in [0.1, 0.15) is 6.04 Å². The minimum Gasteiger partial charge on any atom is -0.480 e. The first-order valence-electron chi connectivity index (χ1n) is 7.05. The number of hydrogen-bond donors (Lipinski definition) is 4. The molecule has 1 saturated heterocycles. The number of carboxylic acids is 1. The third-order valence-corrected chi connectivity index (χ3v) is 4.20. The van der Waals surface area contributed by atoms with Gasteiger partial charge in [-0.3, -0.25) is 9.59 Å². The molecule has 1 aliphatic carbocycles. The van der Waals surface area contributed by atoms with Crippen molar-refractivity contribution in [3.05, 3.63) is 0 Å². The third-order valence-electron chi connectivity index (χ3n) is 4.20. The zero-order chi connectivity index (χ0) is 14.7. The van der Waals surface area contributed by atoms with E-state index in [1.807, 2.05) is 0 Å². The van der Waals surface area contributed by atoms with E-state index in [9.17, 15) is 14.4 Å². The lowest BCUT2D eigenvalue weighted by atomic mass is 9.85. The number of carbonyl (C=O) groups is 3. The Bertz CT molecular complexity index is 398. The Hall–Kier alpha value is -1.63. The highest BCUT2D eigenvalue weighted by Crippen LogP contribution is 2.33. The first-order chi connectivity index (χ1) is 9.47. The Morgan fingerprint density at radius 1 is 1.30 bits per heavy atom. The molecule has 2 amide bonds. The highest BCUT2D eigenvalue weighted by atomic mass is 16.4. The summed E-state index contributed by atoms with van der Waals surface area (Å²) in [6.45, 7) is 0. The summed E-state index contributed by atoms with van der Waals surface area (Å²) >= 11 is 0. The molecule has 112 valence electrons. The number of aliphatic carboxylic acids is 1. The fourth-order valence-electron chi connectivity index (χ4n) is 3.19. The predicted octanol–water partition coefficient (Wildman–Crippen LogP) is -0.648. The van der Waals surface area contributed by atoms with Gasteiger partial charge in [0.15, 0.2) is 0 Å². The monoisotopic (exact) mass is 283 g/mol. The Morgan fingerprint density at radius 2 is 2.00 bits per heavy atom. The molecule has 2 aliphatic rings. The molecule has 0 spiro atoms. The molecule has 5 N–H and O–H groups in total. The van der Waals surface area contributed by atoms with Crippen LogP contribution in [0.2, 0.25) is 0 Å². The number of nitrogens with one attached hydrogen (secondary N) is 2. The molecule has 7 nitrogen and oxygen atoms in total. The maximum Gasteiger partial charge on any atom is 0.326 e. The Kier molecular flexibility index (Phi) is 4.59. The highest BCUT2D eigenvalue weighted by Gasteiger charge is 2.39. The number of nitrogens with two attached hydrogens (primary N) is 1. The third kappa shape index (κ3) is 3.47. The zero-order valence-corrected chi connectivity index (χ0v) is 11.3. The van der Waals surface area contributed by atoms with Crippen molar-refractivity contribution in [3.8, 4) is 0 Å². The van der Waals surface area contributed by atoms with Crippen LogP contribution in [0.5, 0.6) is 0 Å². The number of primary amides is 1. The number of amides is 2. The minimum atomic E-state index is -1.25. The van der Waals surface area contributed by atoms with Crippen LogP contribution >= 0.6 is 0 Å². The van der Waals surface area contributed by atoms with Gasteiger partial charge in [-0.2, -0.15) is 0 Å². The normalized spacial score (nSPS) is 30.3. The molecule has 0 aromatic rings. The molecular formula is C13H21N3O4. The first-order valence-corrected chi connectivity index (χ1v) is 7.05. The topological polar surface area (TPSA) is 122 Å². The van der Waals surface area contributed by atoms with E-state index in [0.717, 1.165) is 19.3 Å². The van der Waals surface area contributed by atoms with Gasteiger partial charge in [0.05, 0.1) is 12.5 Å². The fourth-order valence-corrected chi connectivity index (χ4v) is 3.19.